The molecule has 2 bridgehead atoms. The third-order valence-electron chi connectivity index (χ3n) is 6.62. The summed E-state index contributed by atoms with van der Waals surface area (Å²) in [6.07, 6.45) is 0.493. The Balaban J connectivity index is 1.32. The van der Waals surface area contributed by atoms with Crippen LogP contribution in [0.25, 0.3) is 0 Å². The summed E-state index contributed by atoms with van der Waals surface area (Å²) in [6.45, 7) is -0.536. The molecule has 0 radical (unpaired) electrons. The van der Waals surface area contributed by atoms with Gasteiger partial charge < -0.3 is 5.32 Å². The first-order chi connectivity index (χ1) is 13.7. The molecule has 0 spiro atoms. The third kappa shape index (κ3) is 2.79. The normalized spacial score (nSPS) is 34.3. The van der Waals surface area contributed by atoms with Gasteiger partial charge in [-0.3, -0.25) is 19.3 Å². The number of carbonyl (C=O) groups is 3. The molecule has 0 unspecified atom stereocenters. The van der Waals surface area contributed by atoms with E-state index in [1.807, 2.05) is 12.2 Å². The first kappa shape index (κ1) is 18.7. The molecule has 9 heteroatoms. The second-order valence-electron chi connectivity index (χ2n) is 8.16. The molecule has 5 nitrogen and oxygen atoms in total. The summed E-state index contributed by atoms with van der Waals surface area (Å²) >= 11 is 5.89. The fourth-order valence-electron chi connectivity index (χ4n) is 5.31. The molecule has 152 valence electrons. The molecule has 29 heavy (non-hydrogen) atoms. The molecule has 4 aliphatic carbocycles. The highest BCUT2D eigenvalue weighted by Crippen LogP contribution is 2.65. The number of benzene rings is 1. The fourth-order valence-corrected chi connectivity index (χ4v) is 5.47. The van der Waals surface area contributed by atoms with Gasteiger partial charge in [0.05, 0.1) is 28.1 Å². The Morgan fingerprint density at radius 1 is 1.10 bits per heavy atom. The van der Waals surface area contributed by atoms with Crippen LogP contribution in [0.3, 0.4) is 0 Å². The van der Waals surface area contributed by atoms with E-state index in [2.05, 4.69) is 5.32 Å². The van der Waals surface area contributed by atoms with E-state index in [0.29, 0.717) is 11.8 Å². The molecule has 1 saturated heterocycles. The van der Waals surface area contributed by atoms with E-state index in [-0.39, 0.29) is 34.4 Å². The van der Waals surface area contributed by atoms with Gasteiger partial charge in [-0.25, -0.2) is 0 Å². The van der Waals surface area contributed by atoms with Crippen LogP contribution in [-0.4, -0.2) is 29.2 Å². The summed E-state index contributed by atoms with van der Waals surface area (Å²) in [4.78, 5) is 39.1. The zero-order chi connectivity index (χ0) is 20.7. The second-order valence-corrected chi connectivity index (χ2v) is 8.56. The topological polar surface area (TPSA) is 66.5 Å². The van der Waals surface area contributed by atoms with E-state index < -0.39 is 36.0 Å². The van der Waals surface area contributed by atoms with E-state index >= 15 is 0 Å². The third-order valence-corrected chi connectivity index (χ3v) is 6.95. The summed E-state index contributed by atoms with van der Waals surface area (Å²) in [6, 6.07) is 2.58. The van der Waals surface area contributed by atoms with Crippen LogP contribution in [0.2, 0.25) is 5.02 Å². The number of nitrogens with one attached hydrogen (secondary N) is 1. The Labute approximate surface area is 168 Å². The van der Waals surface area contributed by atoms with Crippen molar-refractivity contribution in [1.29, 1.82) is 0 Å². The molecule has 6 atom stereocenters. The van der Waals surface area contributed by atoms with Crippen LogP contribution < -0.4 is 5.32 Å². The van der Waals surface area contributed by atoms with Crippen molar-refractivity contribution >= 4 is 35.0 Å². The van der Waals surface area contributed by atoms with Gasteiger partial charge in [-0.2, -0.15) is 13.2 Å². The highest BCUT2D eigenvalue weighted by atomic mass is 35.5. The van der Waals surface area contributed by atoms with Gasteiger partial charge in [0.25, 0.3) is 0 Å². The molecule has 2 saturated carbocycles. The van der Waals surface area contributed by atoms with Crippen molar-refractivity contribution in [2.45, 2.75) is 12.6 Å². The minimum absolute atomic E-state index is 0.0393. The SMILES string of the molecule is O=C(CN1C(=O)[C@@H]2[C@H]3C=C[C@@H]([C@@H]4C[C@H]34)[C@@H]2C1=O)Nc1cc(C(F)(F)F)ccc1Cl. The monoisotopic (exact) mass is 424 g/mol. The summed E-state index contributed by atoms with van der Waals surface area (Å²) < 4.78 is 38.7. The summed E-state index contributed by atoms with van der Waals surface area (Å²) in [5.41, 5.74) is -1.18. The number of halogens is 4. The van der Waals surface area contributed by atoms with Gasteiger partial charge in [-0.05, 0) is 48.3 Å². The maximum Gasteiger partial charge on any atom is 0.416 e. The molecule has 0 aromatic heterocycles. The quantitative estimate of drug-likeness (QED) is 0.597. The van der Waals surface area contributed by atoms with Gasteiger partial charge in [0.15, 0.2) is 0 Å². The van der Waals surface area contributed by atoms with Crippen molar-refractivity contribution in [3.05, 3.63) is 40.9 Å². The Morgan fingerprint density at radius 2 is 1.69 bits per heavy atom. The van der Waals surface area contributed by atoms with Crippen LogP contribution in [-0.2, 0) is 20.6 Å². The molecule has 1 aromatic rings. The number of nitrogens with zero attached hydrogens (tertiary/aromatic N) is 1. The van der Waals surface area contributed by atoms with Crippen LogP contribution in [0.15, 0.2) is 30.4 Å². The Morgan fingerprint density at radius 3 is 2.24 bits per heavy atom. The fraction of sp³-hybridized carbons (Fsp3) is 0.450. The Bertz CT molecular complexity index is 940. The number of anilines is 1. The summed E-state index contributed by atoms with van der Waals surface area (Å²) in [5, 5.41) is 2.23. The number of imide groups is 1. The van der Waals surface area contributed by atoms with Crippen molar-refractivity contribution in [2.75, 3.05) is 11.9 Å². The number of amides is 3. The standard InChI is InChI=1S/C20H16ClF3N2O3/c21-13-4-1-8(20(22,23)24)5-14(13)25-15(27)7-26-18(28)16-9-2-3-10(12-6-11(9)12)17(16)19(26)29/h1-5,9-12,16-17H,6-7H2,(H,25,27)/t9-,10-,11-,12+,16-,17+/m0/s1. The van der Waals surface area contributed by atoms with Gasteiger partial charge in [-0.15, -0.1) is 0 Å². The highest BCUT2D eigenvalue weighted by molar-refractivity contribution is 6.33. The van der Waals surface area contributed by atoms with E-state index in [9.17, 15) is 27.6 Å². The molecule has 5 aliphatic rings. The van der Waals surface area contributed by atoms with Crippen molar-refractivity contribution < 1.29 is 27.6 Å². The van der Waals surface area contributed by atoms with Crippen molar-refractivity contribution in [1.82, 2.24) is 4.90 Å². The first-order valence-corrected chi connectivity index (χ1v) is 9.75. The van der Waals surface area contributed by atoms with Crippen LogP contribution in [0.5, 0.6) is 0 Å². The van der Waals surface area contributed by atoms with Gasteiger partial charge in [0.2, 0.25) is 17.7 Å². The zero-order valence-corrected chi connectivity index (χ0v) is 15.7. The summed E-state index contributed by atoms with van der Waals surface area (Å²) in [7, 11) is 0. The molecule has 3 fully saturated rings. The zero-order valence-electron chi connectivity index (χ0n) is 14.9. The molecule has 1 aromatic carbocycles. The number of hydrogen-bond acceptors (Lipinski definition) is 3. The lowest BCUT2D eigenvalue weighted by atomic mass is 9.63. The predicted molar refractivity (Wildman–Crippen MR) is 96.5 cm³/mol. The van der Waals surface area contributed by atoms with Crippen LogP contribution in [0.1, 0.15) is 12.0 Å². The molecular formula is C20H16ClF3N2O3. The number of rotatable bonds is 3. The number of alkyl halides is 3. The summed E-state index contributed by atoms with van der Waals surface area (Å²) in [5.74, 6) is -1.38. The molecule has 1 heterocycles. The van der Waals surface area contributed by atoms with E-state index in [0.717, 1.165) is 29.5 Å². The Kier molecular flexibility index (Phi) is 3.91. The first-order valence-electron chi connectivity index (χ1n) is 9.37. The van der Waals surface area contributed by atoms with Crippen LogP contribution >= 0.6 is 11.6 Å². The van der Waals surface area contributed by atoms with E-state index in [4.69, 9.17) is 11.6 Å². The highest BCUT2D eigenvalue weighted by Gasteiger charge is 2.67. The smallest absolute Gasteiger partial charge is 0.323 e. The van der Waals surface area contributed by atoms with Crippen LogP contribution in [0.4, 0.5) is 18.9 Å². The van der Waals surface area contributed by atoms with E-state index in [1.165, 1.54) is 0 Å². The lowest BCUT2D eigenvalue weighted by Gasteiger charge is -2.37. The number of allylic oxidation sites excluding steroid dienone is 2. The van der Waals surface area contributed by atoms with Crippen molar-refractivity contribution in [3.63, 3.8) is 0 Å². The Hall–Kier alpha value is -2.35. The van der Waals surface area contributed by atoms with Crippen LogP contribution in [0, 0.1) is 35.5 Å². The molecular weight excluding hydrogens is 409 g/mol. The largest absolute Gasteiger partial charge is 0.416 e. The van der Waals surface area contributed by atoms with Gasteiger partial charge >= 0.3 is 6.18 Å². The average molecular weight is 425 g/mol. The molecule has 3 amide bonds. The number of hydrogen-bond donors (Lipinski definition) is 1. The molecule has 1 aliphatic heterocycles. The predicted octanol–water partition coefficient (Wildman–Crippen LogP) is 3.35. The average Bonchev–Trinajstić information content (AvgIpc) is 3.44. The lowest BCUT2D eigenvalue weighted by molar-refractivity contribution is -0.143. The van der Waals surface area contributed by atoms with Gasteiger partial charge in [-0.1, -0.05) is 23.8 Å². The van der Waals surface area contributed by atoms with E-state index in [1.54, 1.807) is 0 Å². The molecule has 6 rings (SSSR count). The van der Waals surface area contributed by atoms with Gasteiger partial charge in [0.1, 0.15) is 6.54 Å². The van der Waals surface area contributed by atoms with Crippen molar-refractivity contribution in [3.8, 4) is 0 Å². The van der Waals surface area contributed by atoms with Crippen molar-refractivity contribution in [2.24, 2.45) is 35.5 Å². The maximum absolute atomic E-state index is 12.9. The number of carbonyl (C=O) groups excluding carboxylic acids is 3. The maximum atomic E-state index is 12.9. The molecule has 1 N–H and O–H groups in total. The minimum atomic E-state index is -4.59. The second kappa shape index (κ2) is 6.08. The minimum Gasteiger partial charge on any atom is -0.323 e. The lowest BCUT2D eigenvalue weighted by Crippen LogP contribution is -2.40. The number of likely N-dealkylation sites (tertiary alicyclic amines) is 1. The van der Waals surface area contributed by atoms with Gasteiger partial charge in [0, 0.05) is 0 Å².